The average molecular weight is 371 g/mol. The van der Waals surface area contributed by atoms with Gasteiger partial charge in [-0.25, -0.2) is 0 Å². The van der Waals surface area contributed by atoms with E-state index in [1.54, 1.807) is 32.4 Å². The topological polar surface area (TPSA) is 42.5 Å². The maximum atomic E-state index is 5.99. The number of nitrogens with one attached hydrogen (secondary N) is 2. The van der Waals surface area contributed by atoms with Gasteiger partial charge in [0.2, 0.25) is 0 Å². The summed E-state index contributed by atoms with van der Waals surface area (Å²) in [6.45, 7) is 1.95. The van der Waals surface area contributed by atoms with Gasteiger partial charge in [0.1, 0.15) is 0 Å². The first kappa shape index (κ1) is 17.7. The predicted octanol–water partition coefficient (Wildman–Crippen LogP) is 5.13. The lowest BCUT2D eigenvalue weighted by molar-refractivity contribution is 0.355. The Kier molecular flexibility index (Phi) is 5.93. The summed E-state index contributed by atoms with van der Waals surface area (Å²) in [5.74, 6) is 1.29. The summed E-state index contributed by atoms with van der Waals surface area (Å²) in [5, 5.41) is 7.57. The van der Waals surface area contributed by atoms with Gasteiger partial charge >= 0.3 is 0 Å². The average Bonchev–Trinajstić information content (AvgIpc) is 2.52. The number of aryl methyl sites for hydroxylation is 1. The van der Waals surface area contributed by atoms with Crippen LogP contribution in [0.15, 0.2) is 30.3 Å². The second kappa shape index (κ2) is 7.73. The van der Waals surface area contributed by atoms with Crippen molar-refractivity contribution in [1.82, 2.24) is 0 Å². The standard InChI is InChI=1S/C16H16Cl2N2O2S/c1-9-6-14(21-2)15(22-3)8-13(9)20-16(23)19-10-4-5-11(17)12(18)7-10/h4-8H,1-3H3,(H2,19,20,23). The molecule has 0 spiro atoms. The molecule has 0 aliphatic rings. The fourth-order valence-corrected chi connectivity index (χ4v) is 2.50. The first-order valence-corrected chi connectivity index (χ1v) is 7.86. The van der Waals surface area contributed by atoms with Gasteiger partial charge in [-0.3, -0.25) is 0 Å². The highest BCUT2D eigenvalue weighted by Crippen LogP contribution is 2.33. The number of rotatable bonds is 4. The molecule has 2 N–H and O–H groups in total. The van der Waals surface area contributed by atoms with E-state index in [-0.39, 0.29) is 0 Å². The molecule has 0 heterocycles. The van der Waals surface area contributed by atoms with Gasteiger partial charge in [0.25, 0.3) is 0 Å². The van der Waals surface area contributed by atoms with E-state index >= 15 is 0 Å². The number of thiocarbonyl (C=S) groups is 1. The molecule has 4 nitrogen and oxygen atoms in total. The first-order chi connectivity index (χ1) is 10.9. The van der Waals surface area contributed by atoms with Gasteiger partial charge in [0, 0.05) is 17.4 Å². The normalized spacial score (nSPS) is 10.1. The lowest BCUT2D eigenvalue weighted by Gasteiger charge is -2.16. The van der Waals surface area contributed by atoms with Gasteiger partial charge < -0.3 is 20.1 Å². The van der Waals surface area contributed by atoms with Crippen LogP contribution in [0.4, 0.5) is 11.4 Å². The van der Waals surface area contributed by atoms with Crippen molar-refractivity contribution in [2.75, 3.05) is 24.9 Å². The van der Waals surface area contributed by atoms with E-state index in [0.29, 0.717) is 26.7 Å². The number of hydrogen-bond acceptors (Lipinski definition) is 3. The third kappa shape index (κ3) is 4.41. The minimum atomic E-state index is 0.429. The summed E-state index contributed by atoms with van der Waals surface area (Å²) in [6, 6.07) is 8.92. The summed E-state index contributed by atoms with van der Waals surface area (Å²) >= 11 is 17.2. The van der Waals surface area contributed by atoms with E-state index in [1.807, 2.05) is 19.1 Å². The summed E-state index contributed by atoms with van der Waals surface area (Å²) in [5.41, 5.74) is 2.54. The maximum Gasteiger partial charge on any atom is 0.175 e. The third-order valence-electron chi connectivity index (χ3n) is 3.16. The Morgan fingerprint density at radius 3 is 2.22 bits per heavy atom. The van der Waals surface area contributed by atoms with Gasteiger partial charge in [-0.15, -0.1) is 0 Å². The lowest BCUT2D eigenvalue weighted by Crippen LogP contribution is -2.19. The van der Waals surface area contributed by atoms with E-state index in [0.717, 1.165) is 16.9 Å². The second-order valence-corrected chi connectivity index (χ2v) is 5.95. The molecule has 2 aromatic rings. The summed E-state index contributed by atoms with van der Waals surface area (Å²) in [4.78, 5) is 0. The van der Waals surface area contributed by atoms with Crippen LogP contribution in [0.5, 0.6) is 11.5 Å². The highest BCUT2D eigenvalue weighted by molar-refractivity contribution is 7.80. The van der Waals surface area contributed by atoms with E-state index in [2.05, 4.69) is 10.6 Å². The van der Waals surface area contributed by atoms with Crippen LogP contribution in [0.25, 0.3) is 0 Å². The zero-order valence-corrected chi connectivity index (χ0v) is 15.2. The van der Waals surface area contributed by atoms with Crippen LogP contribution in [0.3, 0.4) is 0 Å². The SMILES string of the molecule is COc1cc(C)c(NC(=S)Nc2ccc(Cl)c(Cl)c2)cc1OC. The van der Waals surface area contributed by atoms with Gasteiger partial charge in [0.05, 0.1) is 24.3 Å². The Morgan fingerprint density at radius 1 is 0.957 bits per heavy atom. The molecule has 2 rings (SSSR count). The largest absolute Gasteiger partial charge is 0.493 e. The molecule has 0 radical (unpaired) electrons. The van der Waals surface area contributed by atoms with Crippen LogP contribution in [0.2, 0.25) is 10.0 Å². The molecule has 0 amide bonds. The van der Waals surface area contributed by atoms with Crippen LogP contribution >= 0.6 is 35.4 Å². The molecule has 0 saturated carbocycles. The summed E-state index contributed by atoms with van der Waals surface area (Å²) in [7, 11) is 3.18. The van der Waals surface area contributed by atoms with Crippen molar-refractivity contribution in [3.8, 4) is 11.5 Å². The quantitative estimate of drug-likeness (QED) is 0.730. The Hall–Kier alpha value is -1.69. The molecule has 0 atom stereocenters. The molecule has 23 heavy (non-hydrogen) atoms. The number of anilines is 2. The van der Waals surface area contributed by atoms with Crippen molar-refractivity contribution in [3.63, 3.8) is 0 Å². The molecule has 0 saturated heterocycles. The smallest absolute Gasteiger partial charge is 0.175 e. The number of benzene rings is 2. The van der Waals surface area contributed by atoms with Crippen molar-refractivity contribution < 1.29 is 9.47 Å². The molecule has 2 aromatic carbocycles. The third-order valence-corrected chi connectivity index (χ3v) is 4.10. The lowest BCUT2D eigenvalue weighted by atomic mass is 10.1. The number of ether oxygens (including phenoxy) is 2. The molecular formula is C16H16Cl2N2O2S. The molecule has 0 bridgehead atoms. The minimum absolute atomic E-state index is 0.429. The second-order valence-electron chi connectivity index (χ2n) is 4.73. The van der Waals surface area contributed by atoms with E-state index < -0.39 is 0 Å². The van der Waals surface area contributed by atoms with Crippen molar-refractivity contribution >= 4 is 51.9 Å². The van der Waals surface area contributed by atoms with Gasteiger partial charge in [-0.2, -0.15) is 0 Å². The Morgan fingerprint density at radius 2 is 1.61 bits per heavy atom. The minimum Gasteiger partial charge on any atom is -0.493 e. The van der Waals surface area contributed by atoms with Crippen molar-refractivity contribution in [2.45, 2.75) is 6.92 Å². The molecule has 7 heteroatoms. The molecule has 0 fully saturated rings. The number of hydrogen-bond donors (Lipinski definition) is 2. The van der Waals surface area contributed by atoms with Crippen molar-refractivity contribution in [1.29, 1.82) is 0 Å². The highest BCUT2D eigenvalue weighted by atomic mass is 35.5. The van der Waals surface area contributed by atoms with Crippen molar-refractivity contribution in [3.05, 3.63) is 45.9 Å². The van der Waals surface area contributed by atoms with Crippen LogP contribution < -0.4 is 20.1 Å². The zero-order chi connectivity index (χ0) is 17.0. The molecule has 0 aliphatic carbocycles. The predicted molar refractivity (Wildman–Crippen MR) is 101 cm³/mol. The Balaban J connectivity index is 2.15. The Labute approximate surface area is 150 Å². The summed E-state index contributed by atoms with van der Waals surface area (Å²) < 4.78 is 10.6. The molecule has 0 unspecified atom stereocenters. The van der Waals surface area contributed by atoms with E-state index in [1.165, 1.54) is 0 Å². The summed E-state index contributed by atoms with van der Waals surface area (Å²) in [6.07, 6.45) is 0. The van der Waals surface area contributed by atoms with Gasteiger partial charge in [-0.1, -0.05) is 23.2 Å². The fourth-order valence-electron chi connectivity index (χ4n) is 1.97. The number of methoxy groups -OCH3 is 2. The van der Waals surface area contributed by atoms with Gasteiger partial charge in [0.15, 0.2) is 16.6 Å². The number of halogens is 2. The van der Waals surface area contributed by atoms with Gasteiger partial charge in [-0.05, 0) is 49.0 Å². The fraction of sp³-hybridized carbons (Fsp3) is 0.188. The maximum absolute atomic E-state index is 5.99. The van der Waals surface area contributed by atoms with E-state index in [4.69, 9.17) is 44.9 Å². The first-order valence-electron chi connectivity index (χ1n) is 6.70. The highest BCUT2D eigenvalue weighted by Gasteiger charge is 2.10. The molecule has 0 aromatic heterocycles. The monoisotopic (exact) mass is 370 g/mol. The van der Waals surface area contributed by atoms with Crippen LogP contribution in [-0.4, -0.2) is 19.3 Å². The van der Waals surface area contributed by atoms with E-state index in [9.17, 15) is 0 Å². The zero-order valence-electron chi connectivity index (χ0n) is 12.9. The molecular weight excluding hydrogens is 355 g/mol. The molecule has 122 valence electrons. The van der Waals surface area contributed by atoms with Crippen LogP contribution in [0.1, 0.15) is 5.56 Å². The van der Waals surface area contributed by atoms with Crippen LogP contribution in [0, 0.1) is 6.92 Å². The Bertz CT molecular complexity index is 738. The molecule has 0 aliphatic heterocycles. The van der Waals surface area contributed by atoms with Crippen molar-refractivity contribution in [2.24, 2.45) is 0 Å². The van der Waals surface area contributed by atoms with Crippen LogP contribution in [-0.2, 0) is 0 Å².